The molecule has 1 saturated heterocycles. The average molecular weight is 298 g/mol. The predicted molar refractivity (Wildman–Crippen MR) is 78.1 cm³/mol. The quantitative estimate of drug-likeness (QED) is 0.811. The number of amides is 2. The van der Waals surface area contributed by atoms with Crippen molar-refractivity contribution in [1.29, 1.82) is 0 Å². The van der Waals surface area contributed by atoms with Crippen LogP contribution in [-0.4, -0.2) is 53.8 Å². The molecule has 1 unspecified atom stereocenters. The molecular formula is C15H26N2O4. The summed E-state index contributed by atoms with van der Waals surface area (Å²) in [6.07, 6.45) is 3.92. The Morgan fingerprint density at radius 3 is 2.67 bits per heavy atom. The maximum Gasteiger partial charge on any atom is 0.317 e. The minimum absolute atomic E-state index is 0.131. The Kier molecular flexibility index (Phi) is 5.08. The molecule has 0 aromatic rings. The van der Waals surface area contributed by atoms with Crippen LogP contribution < -0.4 is 5.32 Å². The number of carbonyl (C=O) groups excluding carboxylic acids is 1. The highest BCUT2D eigenvalue weighted by Crippen LogP contribution is 2.34. The lowest BCUT2D eigenvalue weighted by atomic mass is 9.78. The van der Waals surface area contributed by atoms with Gasteiger partial charge >= 0.3 is 12.0 Å². The topological polar surface area (TPSA) is 78.9 Å². The molecule has 2 aliphatic rings. The summed E-state index contributed by atoms with van der Waals surface area (Å²) in [5.41, 5.74) is -0.775. The lowest BCUT2D eigenvalue weighted by molar-refractivity contribution is -0.152. The van der Waals surface area contributed by atoms with E-state index in [1.54, 1.807) is 4.90 Å². The molecule has 2 amide bonds. The van der Waals surface area contributed by atoms with E-state index in [1.165, 1.54) is 0 Å². The van der Waals surface area contributed by atoms with Gasteiger partial charge in [-0.05, 0) is 39.0 Å². The Morgan fingerprint density at radius 2 is 2.10 bits per heavy atom. The molecule has 21 heavy (non-hydrogen) atoms. The zero-order valence-electron chi connectivity index (χ0n) is 12.9. The van der Waals surface area contributed by atoms with E-state index in [1.807, 2.05) is 13.8 Å². The SMILES string of the molecule is CCOC1CC(NC(=O)N2CCCC(CC)(C(=O)O)C2)C1. The molecule has 2 rings (SSSR count). The molecule has 120 valence electrons. The van der Waals surface area contributed by atoms with Crippen LogP contribution in [0.5, 0.6) is 0 Å². The van der Waals surface area contributed by atoms with Crippen molar-refractivity contribution in [3.05, 3.63) is 0 Å². The molecule has 0 aromatic heterocycles. The second kappa shape index (κ2) is 6.64. The van der Waals surface area contributed by atoms with Crippen LogP contribution >= 0.6 is 0 Å². The van der Waals surface area contributed by atoms with Crippen LogP contribution in [0.25, 0.3) is 0 Å². The number of likely N-dealkylation sites (tertiary alicyclic amines) is 1. The highest BCUT2D eigenvalue weighted by Gasteiger charge is 2.42. The summed E-state index contributed by atoms with van der Waals surface area (Å²) in [5, 5.41) is 12.4. The molecule has 1 aliphatic heterocycles. The summed E-state index contributed by atoms with van der Waals surface area (Å²) in [6.45, 7) is 5.51. The van der Waals surface area contributed by atoms with Gasteiger partial charge < -0.3 is 20.1 Å². The molecule has 0 spiro atoms. The molecule has 1 saturated carbocycles. The normalized spacial score (nSPS) is 32.4. The van der Waals surface area contributed by atoms with Gasteiger partial charge in [-0.25, -0.2) is 4.79 Å². The first-order chi connectivity index (χ1) is 10.0. The third kappa shape index (κ3) is 3.48. The van der Waals surface area contributed by atoms with Crippen LogP contribution in [0.1, 0.15) is 46.0 Å². The van der Waals surface area contributed by atoms with Gasteiger partial charge in [-0.1, -0.05) is 6.92 Å². The Morgan fingerprint density at radius 1 is 1.38 bits per heavy atom. The van der Waals surface area contributed by atoms with Crippen LogP contribution in [0.3, 0.4) is 0 Å². The van der Waals surface area contributed by atoms with E-state index in [2.05, 4.69) is 5.32 Å². The van der Waals surface area contributed by atoms with Crippen molar-refractivity contribution in [3.63, 3.8) is 0 Å². The van der Waals surface area contributed by atoms with E-state index in [0.717, 1.165) is 19.3 Å². The van der Waals surface area contributed by atoms with Gasteiger partial charge in [0.05, 0.1) is 11.5 Å². The summed E-state index contributed by atoms with van der Waals surface area (Å²) >= 11 is 0. The fourth-order valence-electron chi connectivity index (χ4n) is 3.24. The molecule has 0 radical (unpaired) electrons. The van der Waals surface area contributed by atoms with E-state index < -0.39 is 11.4 Å². The maximum atomic E-state index is 12.3. The summed E-state index contributed by atoms with van der Waals surface area (Å²) in [5.74, 6) is -0.789. The molecule has 1 aliphatic carbocycles. The fraction of sp³-hybridized carbons (Fsp3) is 0.867. The number of hydrogen-bond acceptors (Lipinski definition) is 3. The number of urea groups is 1. The average Bonchev–Trinajstić information content (AvgIpc) is 2.44. The molecule has 2 N–H and O–H groups in total. The van der Waals surface area contributed by atoms with Crippen LogP contribution in [0.4, 0.5) is 4.79 Å². The van der Waals surface area contributed by atoms with E-state index >= 15 is 0 Å². The van der Waals surface area contributed by atoms with Crippen molar-refractivity contribution in [2.24, 2.45) is 5.41 Å². The molecular weight excluding hydrogens is 272 g/mol. The molecule has 1 heterocycles. The van der Waals surface area contributed by atoms with E-state index in [0.29, 0.717) is 32.5 Å². The number of hydrogen-bond donors (Lipinski definition) is 2. The van der Waals surface area contributed by atoms with Crippen molar-refractivity contribution in [2.75, 3.05) is 19.7 Å². The Bertz CT molecular complexity index is 395. The highest BCUT2D eigenvalue weighted by atomic mass is 16.5. The Balaban J connectivity index is 1.84. The number of aliphatic carboxylic acids is 1. The third-order valence-corrected chi connectivity index (χ3v) is 4.82. The zero-order valence-corrected chi connectivity index (χ0v) is 12.9. The van der Waals surface area contributed by atoms with Crippen molar-refractivity contribution < 1.29 is 19.4 Å². The standard InChI is InChI=1S/C15H26N2O4/c1-3-15(13(18)19)6-5-7-17(10-15)14(20)16-11-8-12(9-11)21-4-2/h11-12H,3-10H2,1-2H3,(H,16,20)(H,18,19). The first-order valence-corrected chi connectivity index (χ1v) is 7.91. The Hall–Kier alpha value is -1.30. The number of carbonyl (C=O) groups is 2. The molecule has 0 bridgehead atoms. The lowest BCUT2D eigenvalue weighted by Crippen LogP contribution is -2.56. The van der Waals surface area contributed by atoms with Gasteiger partial charge in [0.15, 0.2) is 0 Å². The van der Waals surface area contributed by atoms with E-state index in [-0.39, 0.29) is 18.2 Å². The monoisotopic (exact) mass is 298 g/mol. The van der Waals surface area contributed by atoms with Gasteiger partial charge in [0.25, 0.3) is 0 Å². The zero-order chi connectivity index (χ0) is 15.5. The van der Waals surface area contributed by atoms with E-state index in [4.69, 9.17) is 4.74 Å². The first-order valence-electron chi connectivity index (χ1n) is 7.91. The van der Waals surface area contributed by atoms with Gasteiger partial charge in [-0.2, -0.15) is 0 Å². The van der Waals surface area contributed by atoms with Crippen molar-refractivity contribution in [3.8, 4) is 0 Å². The summed E-state index contributed by atoms with van der Waals surface area (Å²) in [7, 11) is 0. The van der Waals surface area contributed by atoms with Crippen LogP contribution in [-0.2, 0) is 9.53 Å². The number of carboxylic acids is 1. The van der Waals surface area contributed by atoms with Crippen LogP contribution in [0.15, 0.2) is 0 Å². The fourth-order valence-corrected chi connectivity index (χ4v) is 3.24. The van der Waals surface area contributed by atoms with Crippen molar-refractivity contribution >= 4 is 12.0 Å². The Labute approximate surface area is 125 Å². The lowest BCUT2D eigenvalue weighted by Gasteiger charge is -2.41. The number of carboxylic acid groups (broad SMARTS) is 1. The van der Waals surface area contributed by atoms with Crippen LogP contribution in [0, 0.1) is 5.41 Å². The number of rotatable bonds is 5. The van der Waals surface area contributed by atoms with Crippen LogP contribution in [0.2, 0.25) is 0 Å². The summed E-state index contributed by atoms with van der Waals surface area (Å²) < 4.78 is 5.47. The molecule has 6 nitrogen and oxygen atoms in total. The third-order valence-electron chi connectivity index (χ3n) is 4.82. The van der Waals surface area contributed by atoms with Crippen molar-refractivity contribution in [2.45, 2.75) is 58.1 Å². The summed E-state index contributed by atoms with van der Waals surface area (Å²) in [6, 6.07) is 0.0329. The predicted octanol–water partition coefficient (Wildman–Crippen LogP) is 1.84. The number of ether oxygens (including phenoxy) is 1. The minimum atomic E-state index is -0.789. The maximum absolute atomic E-state index is 12.3. The number of nitrogens with zero attached hydrogens (tertiary/aromatic N) is 1. The van der Waals surface area contributed by atoms with E-state index in [9.17, 15) is 14.7 Å². The minimum Gasteiger partial charge on any atom is -0.481 e. The molecule has 1 atom stereocenters. The van der Waals surface area contributed by atoms with Crippen molar-refractivity contribution in [1.82, 2.24) is 10.2 Å². The molecule has 6 heteroatoms. The van der Waals surface area contributed by atoms with Gasteiger partial charge in [0.1, 0.15) is 0 Å². The first kappa shape index (κ1) is 16.1. The molecule has 2 fully saturated rings. The highest BCUT2D eigenvalue weighted by molar-refractivity contribution is 5.79. The van der Waals surface area contributed by atoms with Gasteiger partial charge in [-0.15, -0.1) is 0 Å². The second-order valence-corrected chi connectivity index (χ2v) is 6.16. The second-order valence-electron chi connectivity index (χ2n) is 6.16. The van der Waals surface area contributed by atoms with Gasteiger partial charge in [0, 0.05) is 25.7 Å². The smallest absolute Gasteiger partial charge is 0.317 e. The number of piperidine rings is 1. The largest absolute Gasteiger partial charge is 0.481 e. The summed E-state index contributed by atoms with van der Waals surface area (Å²) in [4.78, 5) is 25.4. The number of nitrogens with one attached hydrogen (secondary N) is 1. The van der Waals surface area contributed by atoms with Gasteiger partial charge in [0.2, 0.25) is 0 Å². The van der Waals surface area contributed by atoms with Gasteiger partial charge in [-0.3, -0.25) is 4.79 Å². The molecule has 0 aromatic carbocycles.